The van der Waals surface area contributed by atoms with Gasteiger partial charge in [-0.1, -0.05) is 36.4 Å². The van der Waals surface area contributed by atoms with Crippen molar-refractivity contribution in [2.24, 2.45) is 0 Å². The van der Waals surface area contributed by atoms with Crippen molar-refractivity contribution in [1.82, 2.24) is 9.97 Å². The average molecular weight is 269 g/mol. The first-order valence-electron chi connectivity index (χ1n) is 5.14. The Morgan fingerprint density at radius 3 is 2.82 bits per heavy atom. The molecule has 0 unspecified atom stereocenters. The van der Waals surface area contributed by atoms with E-state index in [1.165, 1.54) is 23.9 Å². The Kier molecular flexibility index (Phi) is 3.97. The Morgan fingerprint density at radius 2 is 2.12 bits per heavy atom. The van der Waals surface area contributed by atoms with E-state index in [0.717, 1.165) is 16.3 Å². The molecule has 1 aromatic heterocycles. The monoisotopic (exact) mass is 268 g/mol. The summed E-state index contributed by atoms with van der Waals surface area (Å²) >= 11 is 7.26. The number of benzene rings is 1. The first-order valence-corrected chi connectivity index (χ1v) is 6.33. The molecular formula is C12H10ClFN2S. The van der Waals surface area contributed by atoms with E-state index in [0.29, 0.717) is 11.0 Å². The Labute approximate surface area is 108 Å². The van der Waals surface area contributed by atoms with Crippen LogP contribution in [-0.4, -0.2) is 9.97 Å². The number of halogens is 2. The second-order valence-electron chi connectivity index (χ2n) is 3.36. The maximum absolute atomic E-state index is 13.0. The number of nitrogens with zero attached hydrogens (tertiary/aromatic N) is 2. The fourth-order valence-corrected chi connectivity index (χ4v) is 2.45. The van der Waals surface area contributed by atoms with Crippen LogP contribution in [0.2, 0.25) is 5.15 Å². The molecule has 0 aliphatic carbocycles. The largest absolute Gasteiger partial charge is 0.226 e. The van der Waals surface area contributed by atoms with E-state index in [-0.39, 0.29) is 5.82 Å². The van der Waals surface area contributed by atoms with E-state index in [2.05, 4.69) is 9.97 Å². The Hall–Kier alpha value is -1.13. The zero-order chi connectivity index (χ0) is 12.3. The van der Waals surface area contributed by atoms with E-state index in [4.69, 9.17) is 11.6 Å². The molecule has 0 aliphatic heterocycles. The van der Waals surface area contributed by atoms with E-state index >= 15 is 0 Å². The number of hydrogen-bond acceptors (Lipinski definition) is 3. The summed E-state index contributed by atoms with van der Waals surface area (Å²) < 4.78 is 13.0. The molecule has 2 rings (SSSR count). The predicted octanol–water partition coefficient (Wildman–Crippen LogP) is 3.98. The van der Waals surface area contributed by atoms with Crippen LogP contribution in [0, 0.1) is 5.82 Å². The van der Waals surface area contributed by atoms with Crippen molar-refractivity contribution >= 4 is 23.4 Å². The summed E-state index contributed by atoms with van der Waals surface area (Å²) in [5, 5.41) is 1.14. The van der Waals surface area contributed by atoms with Gasteiger partial charge < -0.3 is 0 Å². The molecule has 0 radical (unpaired) electrons. The van der Waals surface area contributed by atoms with Crippen LogP contribution in [-0.2, 0) is 6.42 Å². The van der Waals surface area contributed by atoms with Crippen LogP contribution in [0.4, 0.5) is 4.39 Å². The van der Waals surface area contributed by atoms with Crippen LogP contribution in [0.15, 0.2) is 40.3 Å². The number of aryl methyl sites for hydroxylation is 1. The van der Waals surface area contributed by atoms with Crippen molar-refractivity contribution < 1.29 is 4.39 Å². The topological polar surface area (TPSA) is 25.8 Å². The van der Waals surface area contributed by atoms with Crippen molar-refractivity contribution in [3.8, 4) is 0 Å². The lowest BCUT2D eigenvalue weighted by molar-refractivity contribution is 0.624. The standard InChI is InChI=1S/C12H10ClFN2S/c1-2-11-15-10(13)7-12(16-11)17-9-5-3-4-8(14)6-9/h3-7H,2H2,1H3. The highest BCUT2D eigenvalue weighted by atomic mass is 35.5. The minimum Gasteiger partial charge on any atom is -0.226 e. The van der Waals surface area contributed by atoms with Gasteiger partial charge in [0, 0.05) is 17.4 Å². The predicted molar refractivity (Wildman–Crippen MR) is 66.9 cm³/mol. The average Bonchev–Trinajstić information content (AvgIpc) is 2.28. The highest BCUT2D eigenvalue weighted by Gasteiger charge is 2.04. The van der Waals surface area contributed by atoms with Crippen LogP contribution in [0.25, 0.3) is 0 Å². The fourth-order valence-electron chi connectivity index (χ4n) is 1.30. The molecule has 5 heteroatoms. The summed E-state index contributed by atoms with van der Waals surface area (Å²) in [5.41, 5.74) is 0. The maximum atomic E-state index is 13.0. The van der Waals surface area contributed by atoms with E-state index in [9.17, 15) is 4.39 Å². The summed E-state index contributed by atoms with van der Waals surface area (Å²) in [4.78, 5) is 9.19. The fraction of sp³-hybridized carbons (Fsp3) is 0.167. The van der Waals surface area contributed by atoms with Crippen LogP contribution in [0.3, 0.4) is 0 Å². The van der Waals surface area contributed by atoms with Gasteiger partial charge in [-0.05, 0) is 18.2 Å². The molecule has 17 heavy (non-hydrogen) atoms. The van der Waals surface area contributed by atoms with E-state index < -0.39 is 0 Å². The lowest BCUT2D eigenvalue weighted by Crippen LogP contribution is -1.94. The number of aromatic nitrogens is 2. The van der Waals surface area contributed by atoms with E-state index in [1.54, 1.807) is 12.1 Å². The summed E-state index contributed by atoms with van der Waals surface area (Å²) in [5.74, 6) is 0.433. The number of rotatable bonds is 3. The molecule has 1 aromatic carbocycles. The number of hydrogen-bond donors (Lipinski definition) is 0. The third-order valence-corrected chi connectivity index (χ3v) is 3.15. The van der Waals surface area contributed by atoms with Gasteiger partial charge in [0.15, 0.2) is 0 Å². The van der Waals surface area contributed by atoms with Crippen LogP contribution in [0.1, 0.15) is 12.7 Å². The highest BCUT2D eigenvalue weighted by Crippen LogP contribution is 2.27. The van der Waals surface area contributed by atoms with Crippen molar-refractivity contribution in [2.75, 3.05) is 0 Å². The third kappa shape index (κ3) is 3.41. The quantitative estimate of drug-likeness (QED) is 0.788. The van der Waals surface area contributed by atoms with Crippen molar-refractivity contribution in [3.63, 3.8) is 0 Å². The lowest BCUT2D eigenvalue weighted by atomic mass is 10.4. The van der Waals surface area contributed by atoms with Gasteiger partial charge in [-0.3, -0.25) is 0 Å². The normalized spacial score (nSPS) is 10.5. The summed E-state index contributed by atoms with van der Waals surface area (Å²) in [6.07, 6.45) is 0.720. The second-order valence-corrected chi connectivity index (χ2v) is 4.84. The van der Waals surface area contributed by atoms with Crippen molar-refractivity contribution in [3.05, 3.63) is 47.1 Å². The first kappa shape index (κ1) is 12.3. The molecule has 0 spiro atoms. The van der Waals surface area contributed by atoms with Crippen LogP contribution >= 0.6 is 23.4 Å². The maximum Gasteiger partial charge on any atom is 0.133 e. The zero-order valence-electron chi connectivity index (χ0n) is 9.15. The van der Waals surface area contributed by atoms with Gasteiger partial charge in [0.1, 0.15) is 21.8 Å². The smallest absolute Gasteiger partial charge is 0.133 e. The summed E-state index contributed by atoms with van der Waals surface area (Å²) in [7, 11) is 0. The van der Waals surface area contributed by atoms with Gasteiger partial charge in [0.25, 0.3) is 0 Å². The third-order valence-electron chi connectivity index (χ3n) is 2.05. The molecule has 0 atom stereocenters. The zero-order valence-corrected chi connectivity index (χ0v) is 10.7. The lowest BCUT2D eigenvalue weighted by Gasteiger charge is -2.03. The molecule has 88 valence electrons. The molecule has 0 N–H and O–H groups in total. The Morgan fingerprint density at radius 1 is 1.29 bits per heavy atom. The molecule has 1 heterocycles. The van der Waals surface area contributed by atoms with Gasteiger partial charge in [-0.25, -0.2) is 14.4 Å². The molecule has 2 nitrogen and oxygen atoms in total. The minimum atomic E-state index is -0.258. The van der Waals surface area contributed by atoms with Crippen molar-refractivity contribution in [1.29, 1.82) is 0 Å². The van der Waals surface area contributed by atoms with Gasteiger partial charge in [-0.15, -0.1) is 0 Å². The molecule has 2 aromatic rings. The van der Waals surface area contributed by atoms with Gasteiger partial charge in [0.05, 0.1) is 0 Å². The highest BCUT2D eigenvalue weighted by molar-refractivity contribution is 7.99. The molecule has 0 fully saturated rings. The molecule has 0 saturated heterocycles. The van der Waals surface area contributed by atoms with Crippen LogP contribution in [0.5, 0.6) is 0 Å². The molecule has 0 amide bonds. The second kappa shape index (κ2) is 5.47. The molecule has 0 bridgehead atoms. The van der Waals surface area contributed by atoms with Gasteiger partial charge in [-0.2, -0.15) is 0 Å². The van der Waals surface area contributed by atoms with Crippen molar-refractivity contribution in [2.45, 2.75) is 23.3 Å². The van der Waals surface area contributed by atoms with E-state index in [1.807, 2.05) is 13.0 Å². The summed E-state index contributed by atoms with van der Waals surface area (Å²) in [6.45, 7) is 1.96. The van der Waals surface area contributed by atoms with Gasteiger partial charge >= 0.3 is 0 Å². The minimum absolute atomic E-state index is 0.258. The van der Waals surface area contributed by atoms with Gasteiger partial charge in [0.2, 0.25) is 0 Å². The Bertz CT molecular complexity index is 534. The molecule has 0 saturated carbocycles. The summed E-state index contributed by atoms with van der Waals surface area (Å²) in [6, 6.07) is 8.05. The molecule has 0 aliphatic rings. The Balaban J connectivity index is 2.26. The SMILES string of the molecule is CCc1nc(Cl)cc(Sc2cccc(F)c2)n1. The first-order chi connectivity index (χ1) is 8.17. The molecular weight excluding hydrogens is 259 g/mol. The van der Waals surface area contributed by atoms with Crippen LogP contribution < -0.4 is 0 Å².